The molecular weight excluding hydrogens is 380 g/mol. The molecular formula is C21H29ClN2O4. The van der Waals surface area contributed by atoms with Crippen molar-refractivity contribution in [2.24, 2.45) is 0 Å². The third-order valence-corrected chi connectivity index (χ3v) is 5.13. The van der Waals surface area contributed by atoms with E-state index in [0.29, 0.717) is 23.7 Å². The highest BCUT2D eigenvalue weighted by Gasteiger charge is 2.29. The molecule has 1 aromatic carbocycles. The maximum absolute atomic E-state index is 12.4. The molecule has 0 aliphatic carbocycles. The van der Waals surface area contributed by atoms with Crippen LogP contribution in [0.15, 0.2) is 18.7 Å². The lowest BCUT2D eigenvalue weighted by atomic mass is 10.00. The van der Waals surface area contributed by atoms with E-state index in [1.165, 1.54) is 6.07 Å². The summed E-state index contributed by atoms with van der Waals surface area (Å²) in [6.07, 6.45) is 3.16. The molecule has 0 spiro atoms. The molecule has 1 aliphatic heterocycles. The van der Waals surface area contributed by atoms with Crippen LogP contribution in [0, 0.1) is 0 Å². The van der Waals surface area contributed by atoms with Crippen molar-refractivity contribution in [1.29, 1.82) is 0 Å². The standard InChI is InChI=1S/C21H29ClN2O4/c1-6-14-10-15(19(25)26)11-18(22)17(14)13-24-9-7-8-16(12-24)23(5)20(27)28-21(2,3)4/h6,10-11,16H,1,7-9,12-13H2,2-5H3,(H,25,26)/t16-/m0/s1. The first-order chi connectivity index (χ1) is 13.0. The third kappa shape index (κ3) is 5.72. The smallest absolute Gasteiger partial charge is 0.410 e. The van der Waals surface area contributed by atoms with Crippen LogP contribution in [0.25, 0.3) is 6.08 Å². The number of carboxylic acids is 1. The number of hydrogen-bond donors (Lipinski definition) is 1. The van der Waals surface area contributed by atoms with Gasteiger partial charge in [-0.2, -0.15) is 0 Å². The number of ether oxygens (including phenoxy) is 1. The van der Waals surface area contributed by atoms with Gasteiger partial charge in [-0.25, -0.2) is 9.59 Å². The lowest BCUT2D eigenvalue weighted by molar-refractivity contribution is 0.0130. The van der Waals surface area contributed by atoms with Gasteiger partial charge in [0, 0.05) is 31.2 Å². The van der Waals surface area contributed by atoms with E-state index in [-0.39, 0.29) is 17.7 Å². The second kappa shape index (κ2) is 8.97. The molecule has 2 rings (SSSR count). The fraction of sp³-hybridized carbons (Fsp3) is 0.524. The Labute approximate surface area is 171 Å². The van der Waals surface area contributed by atoms with Crippen LogP contribution in [0.5, 0.6) is 0 Å². The monoisotopic (exact) mass is 408 g/mol. The minimum absolute atomic E-state index is 0.0489. The van der Waals surface area contributed by atoms with E-state index >= 15 is 0 Å². The van der Waals surface area contributed by atoms with E-state index in [1.54, 1.807) is 24.1 Å². The molecule has 154 valence electrons. The van der Waals surface area contributed by atoms with Crippen LogP contribution in [0.4, 0.5) is 4.79 Å². The number of halogens is 1. The van der Waals surface area contributed by atoms with Gasteiger partial charge in [0.2, 0.25) is 0 Å². The molecule has 6 nitrogen and oxygen atoms in total. The zero-order valence-corrected chi connectivity index (χ0v) is 17.8. The number of carboxylic acid groups (broad SMARTS) is 1. The summed E-state index contributed by atoms with van der Waals surface area (Å²) in [5.74, 6) is -1.02. The first kappa shape index (κ1) is 22.2. The van der Waals surface area contributed by atoms with Crippen LogP contribution in [-0.2, 0) is 11.3 Å². The molecule has 1 atom stereocenters. The maximum Gasteiger partial charge on any atom is 0.410 e. The number of carbonyl (C=O) groups excluding carboxylic acids is 1. The summed E-state index contributed by atoms with van der Waals surface area (Å²) in [6, 6.07) is 3.11. The summed E-state index contributed by atoms with van der Waals surface area (Å²) >= 11 is 6.38. The van der Waals surface area contributed by atoms with Gasteiger partial charge in [0.15, 0.2) is 0 Å². The van der Waals surface area contributed by atoms with Crippen LogP contribution in [-0.4, -0.2) is 58.7 Å². The molecule has 28 heavy (non-hydrogen) atoms. The maximum atomic E-state index is 12.4. The average Bonchev–Trinajstić information content (AvgIpc) is 2.61. The molecule has 0 aromatic heterocycles. The zero-order valence-electron chi connectivity index (χ0n) is 17.0. The number of aromatic carboxylic acids is 1. The quantitative estimate of drug-likeness (QED) is 0.776. The van der Waals surface area contributed by atoms with Gasteiger partial charge in [0.05, 0.1) is 5.56 Å². The minimum Gasteiger partial charge on any atom is -0.478 e. The molecule has 0 saturated carbocycles. The van der Waals surface area contributed by atoms with Crippen LogP contribution in [0.1, 0.15) is 55.1 Å². The van der Waals surface area contributed by atoms with Gasteiger partial charge >= 0.3 is 12.1 Å². The Morgan fingerprint density at radius 3 is 2.68 bits per heavy atom. The highest BCUT2D eigenvalue weighted by molar-refractivity contribution is 6.32. The highest BCUT2D eigenvalue weighted by atomic mass is 35.5. The number of carbonyl (C=O) groups is 2. The van der Waals surface area contributed by atoms with Gasteiger partial charge in [-0.1, -0.05) is 24.3 Å². The predicted molar refractivity (Wildman–Crippen MR) is 111 cm³/mol. The van der Waals surface area contributed by atoms with Gasteiger partial charge in [0.1, 0.15) is 5.60 Å². The van der Waals surface area contributed by atoms with Crippen molar-refractivity contribution in [2.45, 2.75) is 51.8 Å². The Hall–Kier alpha value is -2.05. The summed E-state index contributed by atoms with van der Waals surface area (Å²) in [7, 11) is 1.77. The van der Waals surface area contributed by atoms with E-state index in [4.69, 9.17) is 16.3 Å². The van der Waals surface area contributed by atoms with Crippen molar-refractivity contribution in [3.63, 3.8) is 0 Å². The second-order valence-electron chi connectivity index (χ2n) is 8.16. The largest absolute Gasteiger partial charge is 0.478 e. The van der Waals surface area contributed by atoms with Crippen LogP contribution < -0.4 is 0 Å². The molecule has 1 fully saturated rings. The van der Waals surface area contributed by atoms with Crippen molar-refractivity contribution in [3.05, 3.63) is 40.4 Å². The number of nitrogens with zero attached hydrogens (tertiary/aromatic N) is 2. The number of rotatable bonds is 5. The lowest BCUT2D eigenvalue weighted by Crippen LogP contribution is -2.49. The Kier molecular flexibility index (Phi) is 7.12. The minimum atomic E-state index is -1.02. The lowest BCUT2D eigenvalue weighted by Gasteiger charge is -2.38. The fourth-order valence-corrected chi connectivity index (χ4v) is 3.61. The first-order valence-corrected chi connectivity index (χ1v) is 9.76. The van der Waals surface area contributed by atoms with Gasteiger partial charge in [0.25, 0.3) is 0 Å². The number of likely N-dealkylation sites (tertiary alicyclic amines) is 1. The molecule has 1 amide bonds. The Balaban J connectivity index is 2.12. The van der Waals surface area contributed by atoms with Gasteiger partial charge in [-0.3, -0.25) is 4.90 Å². The fourth-order valence-electron chi connectivity index (χ4n) is 3.33. The van der Waals surface area contributed by atoms with Crippen molar-refractivity contribution in [3.8, 4) is 0 Å². The Morgan fingerprint density at radius 2 is 2.11 bits per heavy atom. The van der Waals surface area contributed by atoms with E-state index in [0.717, 1.165) is 24.9 Å². The molecule has 1 aromatic rings. The average molecular weight is 409 g/mol. The van der Waals surface area contributed by atoms with Crippen molar-refractivity contribution in [1.82, 2.24) is 9.80 Å². The molecule has 1 N–H and O–H groups in total. The van der Waals surface area contributed by atoms with Crippen LogP contribution >= 0.6 is 11.6 Å². The third-order valence-electron chi connectivity index (χ3n) is 4.79. The van der Waals surface area contributed by atoms with Crippen molar-refractivity contribution >= 4 is 29.7 Å². The van der Waals surface area contributed by atoms with Crippen molar-refractivity contribution < 1.29 is 19.4 Å². The number of amides is 1. The molecule has 1 heterocycles. The molecule has 0 bridgehead atoms. The van der Waals surface area contributed by atoms with Gasteiger partial charge in [-0.15, -0.1) is 0 Å². The summed E-state index contributed by atoms with van der Waals surface area (Å²) < 4.78 is 5.48. The van der Waals surface area contributed by atoms with E-state index in [2.05, 4.69) is 11.5 Å². The molecule has 1 saturated heterocycles. The molecule has 0 unspecified atom stereocenters. The summed E-state index contributed by atoms with van der Waals surface area (Å²) in [4.78, 5) is 27.5. The predicted octanol–water partition coefficient (Wildman–Crippen LogP) is 4.51. The highest BCUT2D eigenvalue weighted by Crippen LogP contribution is 2.27. The molecule has 0 radical (unpaired) electrons. The number of likely N-dealkylation sites (N-methyl/N-ethyl adjacent to an activating group) is 1. The number of benzene rings is 1. The van der Waals surface area contributed by atoms with Crippen molar-refractivity contribution in [2.75, 3.05) is 20.1 Å². The number of piperidine rings is 1. The van der Waals surface area contributed by atoms with Gasteiger partial charge < -0.3 is 14.7 Å². The summed E-state index contributed by atoms with van der Waals surface area (Å²) in [5, 5.41) is 9.63. The van der Waals surface area contributed by atoms with E-state index in [1.807, 2.05) is 20.8 Å². The van der Waals surface area contributed by atoms with E-state index in [9.17, 15) is 14.7 Å². The topological polar surface area (TPSA) is 70.1 Å². The zero-order chi connectivity index (χ0) is 21.1. The number of hydrogen-bond acceptors (Lipinski definition) is 4. The van der Waals surface area contributed by atoms with E-state index < -0.39 is 11.6 Å². The van der Waals surface area contributed by atoms with Gasteiger partial charge in [-0.05, 0) is 63.4 Å². The van der Waals surface area contributed by atoms with Crippen LogP contribution in [0.2, 0.25) is 5.02 Å². The SMILES string of the molecule is C=Cc1cc(C(=O)O)cc(Cl)c1CN1CCC[C@H](N(C)C(=O)OC(C)(C)C)C1. The Bertz CT molecular complexity index is 758. The summed E-state index contributed by atoms with van der Waals surface area (Å²) in [6.45, 7) is 11.5. The second-order valence-corrected chi connectivity index (χ2v) is 8.56. The molecule has 1 aliphatic rings. The van der Waals surface area contributed by atoms with Crippen LogP contribution in [0.3, 0.4) is 0 Å². The Morgan fingerprint density at radius 1 is 1.43 bits per heavy atom. The first-order valence-electron chi connectivity index (χ1n) is 9.38. The summed E-state index contributed by atoms with van der Waals surface area (Å²) in [5.41, 5.74) is 1.18. The normalized spacial score (nSPS) is 17.8. The molecule has 7 heteroatoms.